The number of rotatable bonds is 19. The van der Waals surface area contributed by atoms with Crippen molar-refractivity contribution in [2.24, 2.45) is 0 Å². The molecule has 0 heterocycles. The van der Waals surface area contributed by atoms with Gasteiger partial charge >= 0.3 is 0 Å². The van der Waals surface area contributed by atoms with Crippen LogP contribution in [0.3, 0.4) is 0 Å². The van der Waals surface area contributed by atoms with Crippen molar-refractivity contribution >= 4 is 5.78 Å². The standard InChI is InChI=1S/C24H46O4/c1-4-5-6-7-8-9-10-11-12-13-14-15-16-17-18-19-22(26)24(28,20-25)23(27)21(2)3/h25,27-28H,4-20H2,1-3H3. The molecule has 1 atom stereocenters. The number of allylic oxidation sites excluding steroid dienone is 1. The fourth-order valence-electron chi connectivity index (χ4n) is 3.57. The van der Waals surface area contributed by atoms with E-state index in [-0.39, 0.29) is 6.42 Å². The maximum Gasteiger partial charge on any atom is 0.202 e. The first kappa shape index (κ1) is 27.1. The highest BCUT2D eigenvalue weighted by molar-refractivity contribution is 5.90. The molecule has 0 aromatic rings. The molecule has 28 heavy (non-hydrogen) atoms. The Hall–Kier alpha value is -0.870. The second-order valence-corrected chi connectivity index (χ2v) is 8.49. The van der Waals surface area contributed by atoms with E-state index in [1.165, 1.54) is 77.0 Å². The monoisotopic (exact) mass is 398 g/mol. The summed E-state index contributed by atoms with van der Waals surface area (Å²) in [6.45, 7) is 4.70. The molecule has 0 rings (SSSR count). The van der Waals surface area contributed by atoms with E-state index in [4.69, 9.17) is 0 Å². The molecule has 0 fully saturated rings. The van der Waals surface area contributed by atoms with Crippen LogP contribution in [0.1, 0.15) is 124 Å². The molecular weight excluding hydrogens is 352 g/mol. The molecule has 0 aromatic heterocycles. The van der Waals surface area contributed by atoms with Crippen LogP contribution < -0.4 is 0 Å². The summed E-state index contributed by atoms with van der Waals surface area (Å²) in [6.07, 6.45) is 19.0. The van der Waals surface area contributed by atoms with Crippen LogP contribution in [0.5, 0.6) is 0 Å². The quantitative estimate of drug-likeness (QED) is 0.174. The number of ketones is 1. The van der Waals surface area contributed by atoms with Crippen LogP contribution in [-0.2, 0) is 4.79 Å². The van der Waals surface area contributed by atoms with Gasteiger partial charge in [0.25, 0.3) is 0 Å². The summed E-state index contributed by atoms with van der Waals surface area (Å²) >= 11 is 0. The van der Waals surface area contributed by atoms with Crippen LogP contribution in [0, 0.1) is 0 Å². The van der Waals surface area contributed by atoms with Crippen molar-refractivity contribution in [1.29, 1.82) is 0 Å². The van der Waals surface area contributed by atoms with Crippen LogP contribution in [0.2, 0.25) is 0 Å². The summed E-state index contributed by atoms with van der Waals surface area (Å²) in [5.41, 5.74) is -1.68. The molecule has 166 valence electrons. The van der Waals surface area contributed by atoms with E-state index in [9.17, 15) is 20.1 Å². The second-order valence-electron chi connectivity index (χ2n) is 8.49. The van der Waals surface area contributed by atoms with Crippen LogP contribution in [0.15, 0.2) is 11.3 Å². The number of aliphatic hydroxyl groups is 3. The predicted octanol–water partition coefficient (Wildman–Crippen LogP) is 6.39. The van der Waals surface area contributed by atoms with Crippen LogP contribution in [0.25, 0.3) is 0 Å². The van der Waals surface area contributed by atoms with Crippen molar-refractivity contribution < 1.29 is 20.1 Å². The largest absolute Gasteiger partial charge is 0.509 e. The van der Waals surface area contributed by atoms with E-state index >= 15 is 0 Å². The highest BCUT2D eigenvalue weighted by Crippen LogP contribution is 2.22. The molecular formula is C24H46O4. The number of carbonyl (C=O) groups is 1. The van der Waals surface area contributed by atoms with Crippen molar-refractivity contribution in [2.75, 3.05) is 6.61 Å². The van der Waals surface area contributed by atoms with E-state index in [1.807, 2.05) is 0 Å². The molecule has 0 aliphatic rings. The summed E-state index contributed by atoms with van der Waals surface area (Å²) in [5, 5.41) is 29.5. The zero-order chi connectivity index (χ0) is 21.3. The topological polar surface area (TPSA) is 77.8 Å². The Morgan fingerprint density at radius 1 is 0.714 bits per heavy atom. The zero-order valence-electron chi connectivity index (χ0n) is 18.8. The molecule has 0 bridgehead atoms. The van der Waals surface area contributed by atoms with Crippen LogP contribution >= 0.6 is 0 Å². The van der Waals surface area contributed by atoms with Crippen molar-refractivity contribution in [3.8, 4) is 0 Å². The Morgan fingerprint density at radius 2 is 1.07 bits per heavy atom. The number of hydrogen-bond donors (Lipinski definition) is 3. The van der Waals surface area contributed by atoms with Crippen molar-refractivity contribution in [1.82, 2.24) is 0 Å². The molecule has 3 N–H and O–H groups in total. The number of hydrogen-bond acceptors (Lipinski definition) is 4. The molecule has 1 unspecified atom stereocenters. The Morgan fingerprint density at radius 3 is 1.39 bits per heavy atom. The summed E-state index contributed by atoms with van der Waals surface area (Å²) in [7, 11) is 0. The summed E-state index contributed by atoms with van der Waals surface area (Å²) in [4.78, 5) is 12.2. The van der Waals surface area contributed by atoms with Gasteiger partial charge in [0.05, 0.1) is 6.61 Å². The molecule has 4 nitrogen and oxygen atoms in total. The lowest BCUT2D eigenvalue weighted by atomic mass is 9.90. The first-order valence-electron chi connectivity index (χ1n) is 11.6. The minimum absolute atomic E-state index is 0.187. The van der Waals surface area contributed by atoms with Gasteiger partial charge in [0, 0.05) is 6.42 Å². The zero-order valence-corrected chi connectivity index (χ0v) is 18.8. The van der Waals surface area contributed by atoms with E-state index < -0.39 is 23.8 Å². The molecule has 0 saturated heterocycles. The first-order chi connectivity index (χ1) is 13.4. The Balaban J connectivity index is 3.60. The van der Waals surface area contributed by atoms with E-state index in [1.54, 1.807) is 13.8 Å². The SMILES string of the molecule is CCCCCCCCCCCCCCCCCC(=O)C(O)(CO)C(O)=C(C)C. The van der Waals surface area contributed by atoms with E-state index in [0.29, 0.717) is 12.0 Å². The normalized spacial score (nSPS) is 13.3. The third-order valence-electron chi connectivity index (χ3n) is 5.56. The van der Waals surface area contributed by atoms with Gasteiger partial charge in [-0.05, 0) is 25.8 Å². The highest BCUT2D eigenvalue weighted by atomic mass is 16.4. The van der Waals surface area contributed by atoms with Gasteiger partial charge in [0.1, 0.15) is 5.76 Å². The Bertz CT molecular complexity index is 426. The van der Waals surface area contributed by atoms with Crippen LogP contribution in [0.4, 0.5) is 0 Å². The lowest BCUT2D eigenvalue weighted by Crippen LogP contribution is -2.44. The number of aliphatic hydroxyl groups excluding tert-OH is 2. The third kappa shape index (κ3) is 11.9. The van der Waals surface area contributed by atoms with Crippen LogP contribution in [-0.4, -0.2) is 33.3 Å². The molecule has 0 aromatic carbocycles. The minimum atomic E-state index is -2.13. The van der Waals surface area contributed by atoms with E-state index in [2.05, 4.69) is 6.92 Å². The summed E-state index contributed by atoms with van der Waals surface area (Å²) < 4.78 is 0. The van der Waals surface area contributed by atoms with Crippen molar-refractivity contribution in [2.45, 2.75) is 129 Å². The average molecular weight is 399 g/mol. The predicted molar refractivity (Wildman–Crippen MR) is 118 cm³/mol. The molecule has 0 spiro atoms. The van der Waals surface area contributed by atoms with Gasteiger partial charge in [-0.3, -0.25) is 4.79 Å². The van der Waals surface area contributed by atoms with E-state index in [0.717, 1.165) is 12.8 Å². The third-order valence-corrected chi connectivity index (χ3v) is 5.56. The maximum absolute atomic E-state index is 12.2. The lowest BCUT2D eigenvalue weighted by Gasteiger charge is -2.24. The minimum Gasteiger partial charge on any atom is -0.509 e. The lowest BCUT2D eigenvalue weighted by molar-refractivity contribution is -0.140. The fourth-order valence-corrected chi connectivity index (χ4v) is 3.57. The van der Waals surface area contributed by atoms with Gasteiger partial charge in [-0.1, -0.05) is 96.8 Å². The number of carbonyl (C=O) groups excluding carboxylic acids is 1. The van der Waals surface area contributed by atoms with Gasteiger partial charge in [0.2, 0.25) is 5.60 Å². The molecule has 0 aliphatic carbocycles. The number of Topliss-reactive ketones (excluding diaryl/α,β-unsaturated/α-hetero) is 1. The second kappa shape index (κ2) is 17.0. The summed E-state index contributed by atoms with van der Waals surface area (Å²) in [5.74, 6) is -0.913. The summed E-state index contributed by atoms with van der Waals surface area (Å²) in [6, 6.07) is 0. The van der Waals surface area contributed by atoms with Gasteiger partial charge in [-0.25, -0.2) is 0 Å². The average Bonchev–Trinajstić information content (AvgIpc) is 2.69. The Labute approximate surface area is 173 Å². The highest BCUT2D eigenvalue weighted by Gasteiger charge is 2.39. The molecule has 0 aliphatic heterocycles. The fraction of sp³-hybridized carbons (Fsp3) is 0.875. The van der Waals surface area contributed by atoms with Crippen molar-refractivity contribution in [3.05, 3.63) is 11.3 Å². The van der Waals surface area contributed by atoms with Crippen molar-refractivity contribution in [3.63, 3.8) is 0 Å². The smallest absolute Gasteiger partial charge is 0.202 e. The van der Waals surface area contributed by atoms with Gasteiger partial charge in [0.15, 0.2) is 5.78 Å². The van der Waals surface area contributed by atoms with Gasteiger partial charge in [-0.2, -0.15) is 0 Å². The number of unbranched alkanes of at least 4 members (excludes halogenated alkanes) is 14. The van der Waals surface area contributed by atoms with Gasteiger partial charge in [-0.15, -0.1) is 0 Å². The Kier molecular flexibility index (Phi) is 16.5. The maximum atomic E-state index is 12.2. The first-order valence-corrected chi connectivity index (χ1v) is 11.6. The molecule has 0 radical (unpaired) electrons. The molecule has 4 heteroatoms. The molecule has 0 amide bonds. The van der Waals surface area contributed by atoms with Gasteiger partial charge < -0.3 is 15.3 Å². The molecule has 0 saturated carbocycles.